The van der Waals surface area contributed by atoms with Gasteiger partial charge in [-0.2, -0.15) is 13.2 Å². The maximum atomic E-state index is 13.2. The molecule has 0 fully saturated rings. The third-order valence-electron chi connectivity index (χ3n) is 5.29. The molecule has 1 aromatic heterocycles. The number of hydrogen-bond donors (Lipinski definition) is 1. The predicted molar refractivity (Wildman–Crippen MR) is 119 cm³/mol. The number of nitrogens with one attached hydrogen (secondary N) is 1. The highest BCUT2D eigenvalue weighted by molar-refractivity contribution is 5.97. The molecule has 1 amide bonds. The SMILES string of the molecule is C=NCCCCC(NC(=O)c1ccc2cnc(C)nc2c1)c1ccc(C(F)(F)F)c(C)c1. The van der Waals surface area contributed by atoms with Gasteiger partial charge in [0.05, 0.1) is 17.1 Å². The summed E-state index contributed by atoms with van der Waals surface area (Å²) in [6.07, 6.45) is -0.625. The number of carbonyl (C=O) groups excluding carboxylic acids is 1. The summed E-state index contributed by atoms with van der Waals surface area (Å²) in [5.41, 5.74) is 1.17. The average molecular weight is 442 g/mol. The first-order valence-corrected chi connectivity index (χ1v) is 10.3. The Morgan fingerprint density at radius 3 is 2.62 bits per heavy atom. The van der Waals surface area contributed by atoms with E-state index in [1.54, 1.807) is 31.3 Å². The van der Waals surface area contributed by atoms with Crippen molar-refractivity contribution in [2.24, 2.45) is 4.99 Å². The largest absolute Gasteiger partial charge is 0.416 e. The molecule has 8 heteroatoms. The smallest absolute Gasteiger partial charge is 0.345 e. The summed E-state index contributed by atoms with van der Waals surface area (Å²) in [6, 6.07) is 8.72. The molecule has 1 atom stereocenters. The van der Waals surface area contributed by atoms with Crippen LogP contribution in [0, 0.1) is 13.8 Å². The minimum absolute atomic E-state index is 0.125. The number of unbranched alkanes of at least 4 members (excludes halogenated alkanes) is 1. The Kier molecular flexibility index (Phi) is 7.22. The van der Waals surface area contributed by atoms with E-state index in [0.29, 0.717) is 35.4 Å². The summed E-state index contributed by atoms with van der Waals surface area (Å²) >= 11 is 0. The Bertz CT molecular complexity index is 1130. The van der Waals surface area contributed by atoms with Crippen LogP contribution >= 0.6 is 0 Å². The molecule has 0 saturated heterocycles. The van der Waals surface area contributed by atoms with Gasteiger partial charge in [0.1, 0.15) is 5.82 Å². The average Bonchev–Trinajstić information content (AvgIpc) is 2.74. The van der Waals surface area contributed by atoms with E-state index in [-0.39, 0.29) is 11.5 Å². The minimum atomic E-state index is -4.41. The van der Waals surface area contributed by atoms with E-state index in [1.165, 1.54) is 19.1 Å². The predicted octanol–water partition coefficient (Wildman–Crippen LogP) is 5.61. The van der Waals surface area contributed by atoms with Crippen LogP contribution < -0.4 is 5.32 Å². The zero-order valence-electron chi connectivity index (χ0n) is 18.0. The molecule has 1 unspecified atom stereocenters. The number of aryl methyl sites for hydroxylation is 2. The number of halogens is 3. The molecule has 5 nitrogen and oxygen atoms in total. The number of rotatable bonds is 8. The number of nitrogens with zero attached hydrogens (tertiary/aromatic N) is 3. The van der Waals surface area contributed by atoms with E-state index >= 15 is 0 Å². The van der Waals surface area contributed by atoms with Crippen LogP contribution in [-0.2, 0) is 6.18 Å². The number of aromatic nitrogens is 2. The van der Waals surface area contributed by atoms with Crippen LogP contribution in [0.25, 0.3) is 10.9 Å². The first kappa shape index (κ1) is 23.4. The molecule has 1 heterocycles. The lowest BCUT2D eigenvalue weighted by atomic mass is 9.96. The Labute approximate surface area is 184 Å². The Balaban J connectivity index is 1.86. The summed E-state index contributed by atoms with van der Waals surface area (Å²) < 4.78 is 39.5. The fourth-order valence-corrected chi connectivity index (χ4v) is 3.61. The van der Waals surface area contributed by atoms with Gasteiger partial charge in [0.25, 0.3) is 5.91 Å². The van der Waals surface area contributed by atoms with Gasteiger partial charge in [0, 0.05) is 23.7 Å². The molecule has 0 saturated carbocycles. The maximum absolute atomic E-state index is 13.2. The minimum Gasteiger partial charge on any atom is -0.345 e. The molecular weight excluding hydrogens is 417 g/mol. The summed E-state index contributed by atoms with van der Waals surface area (Å²) in [4.78, 5) is 25.3. The molecular formula is C24H25F3N4O. The highest BCUT2D eigenvalue weighted by Gasteiger charge is 2.32. The normalized spacial score (nSPS) is 12.5. The second-order valence-corrected chi connectivity index (χ2v) is 7.73. The number of alkyl halides is 3. The molecule has 0 aliphatic heterocycles. The molecule has 0 aliphatic rings. The molecule has 3 rings (SSSR count). The van der Waals surface area contributed by atoms with Crippen molar-refractivity contribution in [1.29, 1.82) is 0 Å². The van der Waals surface area contributed by atoms with Crippen LogP contribution in [-0.4, -0.2) is 29.1 Å². The van der Waals surface area contributed by atoms with Gasteiger partial charge in [-0.15, -0.1) is 0 Å². The first-order valence-electron chi connectivity index (χ1n) is 10.3. The van der Waals surface area contributed by atoms with Crippen LogP contribution in [0.15, 0.2) is 47.6 Å². The fraction of sp³-hybridized carbons (Fsp3) is 0.333. The van der Waals surface area contributed by atoms with Crippen molar-refractivity contribution in [1.82, 2.24) is 15.3 Å². The number of hydrogen-bond acceptors (Lipinski definition) is 4. The van der Waals surface area contributed by atoms with Crippen molar-refractivity contribution in [2.45, 2.75) is 45.3 Å². The topological polar surface area (TPSA) is 67.2 Å². The standard InChI is InChI=1S/C24H25F3N4O/c1-15-12-17(9-10-20(15)24(25,26)27)21(6-4-5-11-28-3)31-23(32)18-7-8-19-14-29-16(2)30-22(19)13-18/h7-10,12-14,21H,3-6,11H2,1-2H3,(H,31,32). The van der Waals surface area contributed by atoms with Gasteiger partial charge in [-0.1, -0.05) is 18.2 Å². The van der Waals surface area contributed by atoms with E-state index in [1.807, 2.05) is 0 Å². The summed E-state index contributed by atoms with van der Waals surface area (Å²) in [5.74, 6) is 0.288. The second kappa shape index (κ2) is 9.89. The summed E-state index contributed by atoms with van der Waals surface area (Å²) in [7, 11) is 0. The lowest BCUT2D eigenvalue weighted by Gasteiger charge is -2.21. The quantitative estimate of drug-likeness (QED) is 0.364. The van der Waals surface area contributed by atoms with Crippen molar-refractivity contribution in [3.05, 3.63) is 70.7 Å². The van der Waals surface area contributed by atoms with E-state index in [0.717, 1.165) is 24.3 Å². The van der Waals surface area contributed by atoms with Crippen molar-refractivity contribution in [2.75, 3.05) is 6.54 Å². The molecule has 32 heavy (non-hydrogen) atoms. The van der Waals surface area contributed by atoms with Crippen LogP contribution in [0.4, 0.5) is 13.2 Å². The fourth-order valence-electron chi connectivity index (χ4n) is 3.61. The molecule has 0 radical (unpaired) electrons. The highest BCUT2D eigenvalue weighted by Crippen LogP contribution is 2.33. The lowest BCUT2D eigenvalue weighted by Crippen LogP contribution is -2.29. The Morgan fingerprint density at radius 2 is 1.94 bits per heavy atom. The molecule has 168 valence electrons. The number of fused-ring (bicyclic) bond motifs is 1. The van der Waals surface area contributed by atoms with Gasteiger partial charge >= 0.3 is 6.18 Å². The molecule has 2 aromatic carbocycles. The molecule has 0 aliphatic carbocycles. The van der Waals surface area contributed by atoms with Crippen LogP contribution in [0.1, 0.15) is 58.2 Å². The number of aliphatic imine (C=N–C) groups is 1. The van der Waals surface area contributed by atoms with Gasteiger partial charge in [-0.3, -0.25) is 4.79 Å². The van der Waals surface area contributed by atoms with Crippen molar-refractivity contribution >= 4 is 23.5 Å². The van der Waals surface area contributed by atoms with Gasteiger partial charge in [0.2, 0.25) is 0 Å². The molecule has 0 bridgehead atoms. The van der Waals surface area contributed by atoms with E-state index in [2.05, 4.69) is 27.0 Å². The van der Waals surface area contributed by atoms with E-state index < -0.39 is 17.8 Å². The van der Waals surface area contributed by atoms with Crippen molar-refractivity contribution in [3.8, 4) is 0 Å². The number of amides is 1. The van der Waals surface area contributed by atoms with Gasteiger partial charge in [0.15, 0.2) is 0 Å². The Hall–Kier alpha value is -3.29. The van der Waals surface area contributed by atoms with E-state index in [9.17, 15) is 18.0 Å². The van der Waals surface area contributed by atoms with Gasteiger partial charge < -0.3 is 10.3 Å². The van der Waals surface area contributed by atoms with Crippen LogP contribution in [0.2, 0.25) is 0 Å². The summed E-state index contributed by atoms with van der Waals surface area (Å²) in [5, 5.41) is 3.80. The zero-order valence-corrected chi connectivity index (χ0v) is 18.0. The van der Waals surface area contributed by atoms with Crippen LogP contribution in [0.3, 0.4) is 0 Å². The molecule has 0 spiro atoms. The third-order valence-corrected chi connectivity index (χ3v) is 5.29. The molecule has 1 N–H and O–H groups in total. The number of carbonyl (C=O) groups is 1. The second-order valence-electron chi connectivity index (χ2n) is 7.73. The van der Waals surface area contributed by atoms with E-state index in [4.69, 9.17) is 0 Å². The number of benzene rings is 2. The third kappa shape index (κ3) is 5.69. The van der Waals surface area contributed by atoms with Gasteiger partial charge in [-0.25, -0.2) is 9.97 Å². The lowest BCUT2D eigenvalue weighted by molar-refractivity contribution is -0.138. The van der Waals surface area contributed by atoms with Crippen LogP contribution in [0.5, 0.6) is 0 Å². The van der Waals surface area contributed by atoms with Crippen molar-refractivity contribution < 1.29 is 18.0 Å². The molecule has 3 aromatic rings. The zero-order chi connectivity index (χ0) is 23.3. The Morgan fingerprint density at radius 1 is 1.16 bits per heavy atom. The van der Waals surface area contributed by atoms with Gasteiger partial charge in [-0.05, 0) is 69.2 Å². The highest BCUT2D eigenvalue weighted by atomic mass is 19.4. The first-order chi connectivity index (χ1) is 15.2. The van der Waals surface area contributed by atoms with Crippen molar-refractivity contribution in [3.63, 3.8) is 0 Å². The maximum Gasteiger partial charge on any atom is 0.416 e. The summed E-state index contributed by atoms with van der Waals surface area (Å²) in [6.45, 7) is 7.26. The monoisotopic (exact) mass is 442 g/mol.